The molecule has 4 nitrogen and oxygen atoms in total. The van der Waals surface area contributed by atoms with Crippen LogP contribution in [0.4, 0.5) is 14.5 Å². The highest BCUT2D eigenvalue weighted by Crippen LogP contribution is 2.32. The van der Waals surface area contributed by atoms with E-state index < -0.39 is 29.4 Å². The van der Waals surface area contributed by atoms with Crippen molar-refractivity contribution in [3.8, 4) is 0 Å². The molecule has 0 aromatic heterocycles. The van der Waals surface area contributed by atoms with Crippen LogP contribution in [0, 0.1) is 11.6 Å². The fourth-order valence-corrected chi connectivity index (χ4v) is 4.52. The maximum absolute atomic E-state index is 13.6. The van der Waals surface area contributed by atoms with E-state index >= 15 is 0 Å². The Balaban J connectivity index is 1.65. The number of benzene rings is 4. The molecule has 188 valence electrons. The first-order valence-corrected chi connectivity index (χ1v) is 12.1. The van der Waals surface area contributed by atoms with E-state index in [9.17, 15) is 23.5 Å². The summed E-state index contributed by atoms with van der Waals surface area (Å²) in [5.41, 5.74) is 2.36. The zero-order valence-corrected chi connectivity index (χ0v) is 20.9. The van der Waals surface area contributed by atoms with Gasteiger partial charge in [-0.1, -0.05) is 77.8 Å². The van der Waals surface area contributed by atoms with Crippen molar-refractivity contribution in [2.75, 3.05) is 4.90 Å². The lowest BCUT2D eigenvalue weighted by molar-refractivity contribution is -0.138. The normalized spacial score (nSPS) is 11.7. The number of carbonyl (C=O) groups is 2. The first kappa shape index (κ1) is 26.3. The number of halogens is 4. The molecule has 0 radical (unpaired) electrons. The summed E-state index contributed by atoms with van der Waals surface area (Å²) in [7, 11) is 0. The molecule has 4 aromatic rings. The van der Waals surface area contributed by atoms with Gasteiger partial charge in [-0.15, -0.1) is 0 Å². The van der Waals surface area contributed by atoms with E-state index in [0.717, 1.165) is 17.7 Å². The molecule has 0 spiro atoms. The number of carbonyl (C=O) groups excluding carboxylic acids is 1. The highest BCUT2D eigenvalue weighted by molar-refractivity contribution is 6.36. The minimum absolute atomic E-state index is 0.0232. The van der Waals surface area contributed by atoms with Crippen molar-refractivity contribution in [1.29, 1.82) is 0 Å². The largest absolute Gasteiger partial charge is 0.480 e. The molecular formula is C29H21Cl2F2NO3. The average Bonchev–Trinajstić information content (AvgIpc) is 2.88. The van der Waals surface area contributed by atoms with Crippen LogP contribution in [0.1, 0.15) is 27.0 Å². The Morgan fingerprint density at radius 1 is 0.784 bits per heavy atom. The minimum Gasteiger partial charge on any atom is -0.480 e. The van der Waals surface area contributed by atoms with Crippen molar-refractivity contribution >= 4 is 40.6 Å². The molecule has 0 fully saturated rings. The lowest BCUT2D eigenvalue weighted by Gasteiger charge is -2.32. The van der Waals surface area contributed by atoms with Crippen LogP contribution < -0.4 is 4.90 Å². The first-order valence-electron chi connectivity index (χ1n) is 11.3. The molecule has 0 heterocycles. The Morgan fingerprint density at radius 3 is 2.08 bits per heavy atom. The molecule has 0 unspecified atom stereocenters. The summed E-state index contributed by atoms with van der Waals surface area (Å²) < 4.78 is 26.8. The monoisotopic (exact) mass is 539 g/mol. The van der Waals surface area contributed by atoms with E-state index in [1.807, 2.05) is 30.3 Å². The Morgan fingerprint density at radius 2 is 1.46 bits per heavy atom. The molecule has 0 aliphatic heterocycles. The van der Waals surface area contributed by atoms with Crippen LogP contribution in [0.15, 0.2) is 91.0 Å². The van der Waals surface area contributed by atoms with Gasteiger partial charge in [-0.05, 0) is 47.5 Å². The predicted octanol–water partition coefficient (Wildman–Crippen LogP) is 7.21. The van der Waals surface area contributed by atoms with Crippen molar-refractivity contribution in [3.05, 3.63) is 135 Å². The van der Waals surface area contributed by atoms with Crippen molar-refractivity contribution in [2.24, 2.45) is 0 Å². The number of anilines is 1. The van der Waals surface area contributed by atoms with Gasteiger partial charge < -0.3 is 10.0 Å². The predicted molar refractivity (Wildman–Crippen MR) is 140 cm³/mol. The molecule has 0 amide bonds. The van der Waals surface area contributed by atoms with Gasteiger partial charge in [0.1, 0.15) is 6.04 Å². The van der Waals surface area contributed by atoms with Gasteiger partial charge in [-0.2, -0.15) is 0 Å². The molecule has 0 aliphatic rings. The maximum Gasteiger partial charge on any atom is 0.326 e. The molecule has 0 aliphatic carbocycles. The van der Waals surface area contributed by atoms with Crippen LogP contribution in [0.5, 0.6) is 0 Å². The van der Waals surface area contributed by atoms with E-state index in [4.69, 9.17) is 23.2 Å². The molecule has 8 heteroatoms. The topological polar surface area (TPSA) is 57.6 Å². The maximum atomic E-state index is 13.6. The van der Waals surface area contributed by atoms with E-state index in [1.54, 1.807) is 47.4 Å². The van der Waals surface area contributed by atoms with Crippen LogP contribution >= 0.6 is 23.2 Å². The number of carboxylic acids is 1. The third-order valence-electron chi connectivity index (χ3n) is 5.90. The summed E-state index contributed by atoms with van der Waals surface area (Å²) >= 11 is 12.6. The van der Waals surface area contributed by atoms with E-state index in [2.05, 4.69) is 0 Å². The molecule has 4 rings (SSSR count). The van der Waals surface area contributed by atoms with Crippen LogP contribution in [0.3, 0.4) is 0 Å². The number of aliphatic carboxylic acids is 1. The second-order valence-electron chi connectivity index (χ2n) is 8.42. The van der Waals surface area contributed by atoms with Crippen LogP contribution in [0.25, 0.3) is 0 Å². The summed E-state index contributed by atoms with van der Waals surface area (Å²) in [5.74, 6) is -3.62. The van der Waals surface area contributed by atoms with E-state index in [-0.39, 0.29) is 24.1 Å². The number of rotatable bonds is 9. The number of nitrogens with zero attached hydrogens (tertiary/aromatic N) is 1. The highest BCUT2D eigenvalue weighted by atomic mass is 35.5. The highest BCUT2D eigenvalue weighted by Gasteiger charge is 2.28. The lowest BCUT2D eigenvalue weighted by Crippen LogP contribution is -2.42. The van der Waals surface area contributed by atoms with Crippen LogP contribution in [-0.4, -0.2) is 22.9 Å². The molecule has 1 N–H and O–H groups in total. The Bertz CT molecular complexity index is 1430. The lowest BCUT2D eigenvalue weighted by atomic mass is 10.0. The van der Waals surface area contributed by atoms with Gasteiger partial charge in [0.05, 0.1) is 10.7 Å². The van der Waals surface area contributed by atoms with Crippen LogP contribution in [0.2, 0.25) is 10.0 Å². The smallest absolute Gasteiger partial charge is 0.326 e. The molecule has 0 bridgehead atoms. The summed E-state index contributed by atoms with van der Waals surface area (Å²) in [4.78, 5) is 26.8. The fraction of sp³-hybridized carbons (Fsp3) is 0.103. The number of ketones is 1. The van der Waals surface area contributed by atoms with Crippen molar-refractivity contribution in [2.45, 2.75) is 19.0 Å². The van der Waals surface area contributed by atoms with Crippen LogP contribution in [-0.2, 0) is 17.8 Å². The number of hydrogen-bond acceptors (Lipinski definition) is 3. The Labute approximate surface area is 222 Å². The van der Waals surface area contributed by atoms with Crippen molar-refractivity contribution < 1.29 is 23.5 Å². The summed E-state index contributed by atoms with van der Waals surface area (Å²) in [6, 6.07) is 22.7. The summed E-state index contributed by atoms with van der Waals surface area (Å²) in [6.45, 7) is 0.171. The third-order valence-corrected chi connectivity index (χ3v) is 6.44. The molecule has 4 aromatic carbocycles. The first-order chi connectivity index (χ1) is 17.7. The summed E-state index contributed by atoms with van der Waals surface area (Å²) in [6.07, 6.45) is 0.224. The second-order valence-corrected chi connectivity index (χ2v) is 9.27. The van der Waals surface area contributed by atoms with Gasteiger partial charge in [0.2, 0.25) is 0 Å². The zero-order chi connectivity index (χ0) is 26.5. The second kappa shape index (κ2) is 11.5. The minimum atomic E-state index is -1.10. The average molecular weight is 540 g/mol. The molecular weight excluding hydrogens is 519 g/mol. The quantitative estimate of drug-likeness (QED) is 0.228. The van der Waals surface area contributed by atoms with Gasteiger partial charge >= 0.3 is 5.97 Å². The molecule has 0 saturated carbocycles. The Hall–Kier alpha value is -3.74. The van der Waals surface area contributed by atoms with E-state index in [0.29, 0.717) is 21.3 Å². The fourth-order valence-electron chi connectivity index (χ4n) is 4.01. The van der Waals surface area contributed by atoms with Gasteiger partial charge in [0, 0.05) is 29.1 Å². The number of carboxylic acid groups (broad SMARTS) is 1. The van der Waals surface area contributed by atoms with Gasteiger partial charge in [-0.3, -0.25) is 4.79 Å². The Kier molecular flexibility index (Phi) is 8.21. The SMILES string of the molecule is O=C(c1ccc(CN(c2ccc(Cl)cc2Cl)[C@@H](Cc2ccccc2)C(=O)O)cc1)c1ccc(F)c(F)c1. The molecule has 0 saturated heterocycles. The van der Waals surface area contributed by atoms with Gasteiger partial charge in [-0.25, -0.2) is 13.6 Å². The van der Waals surface area contributed by atoms with Gasteiger partial charge in [0.25, 0.3) is 0 Å². The molecule has 1 atom stereocenters. The molecule has 37 heavy (non-hydrogen) atoms. The summed E-state index contributed by atoms with van der Waals surface area (Å²) in [5, 5.41) is 10.9. The van der Waals surface area contributed by atoms with Crippen molar-refractivity contribution in [1.82, 2.24) is 0 Å². The standard InChI is InChI=1S/C29H21Cl2F2NO3/c30-22-11-13-26(23(31)16-22)34(27(29(36)37)14-18-4-2-1-3-5-18)17-19-6-8-20(9-7-19)28(35)21-10-12-24(32)25(33)15-21/h1-13,15-16,27H,14,17H2,(H,36,37)/t27-/m0/s1. The zero-order valence-electron chi connectivity index (χ0n) is 19.4. The van der Waals surface area contributed by atoms with Gasteiger partial charge in [0.15, 0.2) is 17.4 Å². The third kappa shape index (κ3) is 6.34. The van der Waals surface area contributed by atoms with E-state index in [1.165, 1.54) is 6.07 Å². The number of hydrogen-bond donors (Lipinski definition) is 1. The van der Waals surface area contributed by atoms with Crippen molar-refractivity contribution in [3.63, 3.8) is 0 Å².